The van der Waals surface area contributed by atoms with Gasteiger partial charge >= 0.3 is 0 Å². The second-order valence-electron chi connectivity index (χ2n) is 3.96. The van der Waals surface area contributed by atoms with Gasteiger partial charge < -0.3 is 15.2 Å². The number of hydrogen-bond donors (Lipinski definition) is 2. The standard InChI is InChI=1S/C14H11BrINO3/c1-20-13-7-9(3-4-11(13)15)17-14(19)10-6-8(16)2-5-12(10)18/h2-7,18H,1H3,(H,17,19). The maximum Gasteiger partial charge on any atom is 0.259 e. The maximum absolute atomic E-state index is 12.1. The lowest BCUT2D eigenvalue weighted by atomic mass is 10.2. The van der Waals surface area contributed by atoms with E-state index in [9.17, 15) is 9.90 Å². The van der Waals surface area contributed by atoms with Gasteiger partial charge in [-0.25, -0.2) is 0 Å². The smallest absolute Gasteiger partial charge is 0.259 e. The molecule has 0 spiro atoms. The molecule has 0 saturated carbocycles. The van der Waals surface area contributed by atoms with Crippen LogP contribution in [-0.4, -0.2) is 18.1 Å². The van der Waals surface area contributed by atoms with Crippen LogP contribution in [0, 0.1) is 3.57 Å². The molecule has 0 aliphatic carbocycles. The summed E-state index contributed by atoms with van der Waals surface area (Å²) in [7, 11) is 1.55. The second kappa shape index (κ2) is 6.45. The normalized spacial score (nSPS) is 10.2. The van der Waals surface area contributed by atoms with E-state index in [1.54, 1.807) is 37.4 Å². The van der Waals surface area contributed by atoms with Crippen molar-refractivity contribution in [2.45, 2.75) is 0 Å². The number of amides is 1. The lowest BCUT2D eigenvalue weighted by molar-refractivity contribution is 0.102. The van der Waals surface area contributed by atoms with Crippen molar-refractivity contribution in [3.63, 3.8) is 0 Å². The third kappa shape index (κ3) is 3.43. The summed E-state index contributed by atoms with van der Waals surface area (Å²) >= 11 is 5.43. The predicted octanol–water partition coefficient (Wildman–Crippen LogP) is 4.02. The van der Waals surface area contributed by atoms with Crippen molar-refractivity contribution in [2.75, 3.05) is 12.4 Å². The van der Waals surface area contributed by atoms with Crippen molar-refractivity contribution >= 4 is 50.1 Å². The number of halogens is 2. The highest BCUT2D eigenvalue weighted by Gasteiger charge is 2.12. The molecule has 0 atom stereocenters. The summed E-state index contributed by atoms with van der Waals surface area (Å²) in [6, 6.07) is 10.1. The number of anilines is 1. The molecular formula is C14H11BrINO3. The number of carbonyl (C=O) groups is 1. The van der Waals surface area contributed by atoms with Crippen LogP contribution in [-0.2, 0) is 0 Å². The molecule has 2 aromatic carbocycles. The topological polar surface area (TPSA) is 58.6 Å². The van der Waals surface area contributed by atoms with Crippen molar-refractivity contribution in [1.29, 1.82) is 0 Å². The van der Waals surface area contributed by atoms with Crippen molar-refractivity contribution in [2.24, 2.45) is 0 Å². The monoisotopic (exact) mass is 447 g/mol. The largest absolute Gasteiger partial charge is 0.507 e. The fourth-order valence-corrected chi connectivity index (χ4v) is 2.53. The highest BCUT2D eigenvalue weighted by Crippen LogP contribution is 2.28. The zero-order valence-electron chi connectivity index (χ0n) is 10.5. The van der Waals surface area contributed by atoms with Gasteiger partial charge in [-0.1, -0.05) is 0 Å². The van der Waals surface area contributed by atoms with Gasteiger partial charge in [0.05, 0.1) is 17.1 Å². The van der Waals surface area contributed by atoms with Crippen molar-refractivity contribution in [3.8, 4) is 11.5 Å². The van der Waals surface area contributed by atoms with E-state index in [1.807, 2.05) is 0 Å². The predicted molar refractivity (Wildman–Crippen MR) is 89.5 cm³/mol. The third-order valence-electron chi connectivity index (χ3n) is 2.61. The van der Waals surface area contributed by atoms with Crippen molar-refractivity contribution in [1.82, 2.24) is 0 Å². The van der Waals surface area contributed by atoms with Crippen LogP contribution in [0.2, 0.25) is 0 Å². The first-order chi connectivity index (χ1) is 9.51. The zero-order valence-corrected chi connectivity index (χ0v) is 14.2. The Morgan fingerprint density at radius 3 is 2.75 bits per heavy atom. The Bertz CT molecular complexity index is 661. The molecule has 104 valence electrons. The first-order valence-corrected chi connectivity index (χ1v) is 7.52. The number of nitrogens with one attached hydrogen (secondary N) is 1. The molecule has 0 unspecified atom stereocenters. The lowest BCUT2D eigenvalue weighted by Crippen LogP contribution is -2.12. The average molecular weight is 448 g/mol. The minimum atomic E-state index is -0.370. The molecule has 0 aliphatic heterocycles. The van der Waals surface area contributed by atoms with Gasteiger partial charge in [-0.3, -0.25) is 4.79 Å². The van der Waals surface area contributed by atoms with E-state index in [2.05, 4.69) is 43.8 Å². The van der Waals surface area contributed by atoms with Crippen molar-refractivity contribution < 1.29 is 14.6 Å². The SMILES string of the molecule is COc1cc(NC(=O)c2cc(I)ccc2O)ccc1Br. The van der Waals surface area contributed by atoms with Crippen LogP contribution < -0.4 is 10.1 Å². The highest BCUT2D eigenvalue weighted by molar-refractivity contribution is 14.1. The Balaban J connectivity index is 2.25. The maximum atomic E-state index is 12.1. The first kappa shape index (κ1) is 15.1. The van der Waals surface area contributed by atoms with Crippen LogP contribution in [0.5, 0.6) is 11.5 Å². The number of rotatable bonds is 3. The van der Waals surface area contributed by atoms with Crippen molar-refractivity contribution in [3.05, 3.63) is 50.0 Å². The summed E-state index contributed by atoms with van der Waals surface area (Å²) < 4.78 is 6.84. The van der Waals surface area contributed by atoms with Crippen LogP contribution in [0.1, 0.15) is 10.4 Å². The van der Waals surface area contributed by atoms with E-state index in [0.29, 0.717) is 11.4 Å². The lowest BCUT2D eigenvalue weighted by Gasteiger charge is -2.09. The van der Waals surface area contributed by atoms with Gasteiger partial charge in [-0.15, -0.1) is 0 Å². The summed E-state index contributed by atoms with van der Waals surface area (Å²) in [5, 5.41) is 12.5. The number of aromatic hydroxyl groups is 1. The highest BCUT2D eigenvalue weighted by atomic mass is 127. The molecule has 1 amide bonds. The van der Waals surface area contributed by atoms with Crippen LogP contribution in [0.3, 0.4) is 0 Å². The zero-order chi connectivity index (χ0) is 14.7. The number of benzene rings is 2. The molecule has 6 heteroatoms. The molecule has 0 heterocycles. The minimum Gasteiger partial charge on any atom is -0.507 e. The van der Waals surface area contributed by atoms with Crippen LogP contribution in [0.4, 0.5) is 5.69 Å². The summed E-state index contributed by atoms with van der Waals surface area (Å²) in [6.45, 7) is 0. The molecule has 0 aromatic heterocycles. The average Bonchev–Trinajstić information content (AvgIpc) is 2.43. The number of hydrogen-bond acceptors (Lipinski definition) is 3. The number of phenolic OH excluding ortho intramolecular Hbond substituents is 1. The molecule has 0 bridgehead atoms. The van der Waals surface area contributed by atoms with Gasteiger partial charge in [-0.05, 0) is 68.9 Å². The second-order valence-corrected chi connectivity index (χ2v) is 6.06. The number of phenols is 1. The Morgan fingerprint density at radius 1 is 1.30 bits per heavy atom. The molecule has 2 N–H and O–H groups in total. The summed E-state index contributed by atoms with van der Waals surface area (Å²) in [5.41, 5.74) is 0.826. The van der Waals surface area contributed by atoms with Gasteiger partial charge in [0.15, 0.2) is 0 Å². The Morgan fingerprint density at radius 2 is 2.05 bits per heavy atom. The molecule has 0 radical (unpaired) electrons. The quantitative estimate of drug-likeness (QED) is 0.698. The molecule has 4 nitrogen and oxygen atoms in total. The van der Waals surface area contributed by atoms with Gasteiger partial charge in [0, 0.05) is 15.3 Å². The summed E-state index contributed by atoms with van der Waals surface area (Å²) in [4.78, 5) is 12.1. The molecule has 0 fully saturated rings. The molecule has 0 aliphatic rings. The number of methoxy groups -OCH3 is 1. The van der Waals surface area contributed by atoms with Crippen LogP contribution in [0.25, 0.3) is 0 Å². The first-order valence-electron chi connectivity index (χ1n) is 5.64. The minimum absolute atomic E-state index is 0.0491. The Labute approximate surface area is 138 Å². The molecule has 20 heavy (non-hydrogen) atoms. The molecular weight excluding hydrogens is 437 g/mol. The van der Waals surface area contributed by atoms with E-state index >= 15 is 0 Å². The fourth-order valence-electron chi connectivity index (χ4n) is 1.63. The van der Waals surface area contributed by atoms with Gasteiger partial charge in [-0.2, -0.15) is 0 Å². The van der Waals surface area contributed by atoms with Gasteiger partial charge in [0.1, 0.15) is 11.5 Å². The number of ether oxygens (including phenoxy) is 1. The molecule has 2 rings (SSSR count). The fraction of sp³-hybridized carbons (Fsp3) is 0.0714. The third-order valence-corrected chi connectivity index (χ3v) is 3.94. The Hall–Kier alpha value is -1.28. The number of carbonyl (C=O) groups excluding carboxylic acids is 1. The van der Waals surface area contributed by atoms with E-state index < -0.39 is 0 Å². The van der Waals surface area contributed by atoms with E-state index in [1.165, 1.54) is 6.07 Å². The van der Waals surface area contributed by atoms with Gasteiger partial charge in [0.25, 0.3) is 5.91 Å². The van der Waals surface area contributed by atoms with E-state index in [4.69, 9.17) is 4.74 Å². The van der Waals surface area contributed by atoms with E-state index in [0.717, 1.165) is 8.04 Å². The summed E-state index contributed by atoms with van der Waals surface area (Å²) in [5.74, 6) is 0.201. The Kier molecular flexibility index (Phi) is 4.87. The molecule has 2 aromatic rings. The van der Waals surface area contributed by atoms with Crippen LogP contribution in [0.15, 0.2) is 40.9 Å². The molecule has 0 saturated heterocycles. The van der Waals surface area contributed by atoms with Gasteiger partial charge in [0.2, 0.25) is 0 Å². The van der Waals surface area contributed by atoms with Crippen LogP contribution >= 0.6 is 38.5 Å². The van der Waals surface area contributed by atoms with E-state index in [-0.39, 0.29) is 17.2 Å². The summed E-state index contributed by atoms with van der Waals surface area (Å²) in [6.07, 6.45) is 0.